The van der Waals surface area contributed by atoms with Crippen LogP contribution in [0, 0.1) is 5.41 Å². The van der Waals surface area contributed by atoms with Crippen LogP contribution in [0.15, 0.2) is 12.7 Å². The maximum Gasteiger partial charge on any atom is 0.330 e. The summed E-state index contributed by atoms with van der Waals surface area (Å²) in [6.07, 6.45) is 1.63. The molecular weight excluding hydrogens is 268 g/mol. The Balaban J connectivity index is 3.21. The summed E-state index contributed by atoms with van der Waals surface area (Å²) >= 11 is 0. The summed E-state index contributed by atoms with van der Waals surface area (Å²) in [7, 11) is 0. The fourth-order valence-corrected chi connectivity index (χ4v) is 2.28. The van der Waals surface area contributed by atoms with E-state index >= 15 is 0 Å². The highest BCUT2D eigenvalue weighted by Gasteiger charge is 2.52. The number of amides is 4. The standard InChI is InChI=1S/C15H28N4O2/c1-8-9-19-12(21)18(10-13(2,3)4)11(20)17-15(19,7)14(5,6)16/h8H,1,9-10,16H2,2-7H3,(H,17,20). The highest BCUT2D eigenvalue weighted by Crippen LogP contribution is 2.30. The molecular formula is C15H28N4O2. The number of rotatable bonds is 4. The molecule has 1 unspecified atom stereocenters. The minimum Gasteiger partial charge on any atom is -0.322 e. The van der Waals surface area contributed by atoms with E-state index in [1.165, 1.54) is 4.90 Å². The topological polar surface area (TPSA) is 78.7 Å². The highest BCUT2D eigenvalue weighted by molar-refractivity contribution is 5.97. The van der Waals surface area contributed by atoms with Crippen molar-refractivity contribution in [2.24, 2.45) is 11.1 Å². The number of nitrogens with one attached hydrogen (secondary N) is 1. The third kappa shape index (κ3) is 3.37. The normalized spacial score (nSPS) is 24.1. The SMILES string of the molecule is C=CCN1C(=O)N(CC(C)(C)C)C(=O)NC1(C)C(C)(C)N. The van der Waals surface area contributed by atoms with E-state index in [2.05, 4.69) is 11.9 Å². The molecule has 0 saturated carbocycles. The molecule has 1 aliphatic heterocycles. The number of urea groups is 2. The fourth-order valence-electron chi connectivity index (χ4n) is 2.28. The van der Waals surface area contributed by atoms with Crippen LogP contribution < -0.4 is 11.1 Å². The molecule has 1 fully saturated rings. The number of nitrogens with zero attached hydrogens (tertiary/aromatic N) is 2. The van der Waals surface area contributed by atoms with Crippen LogP contribution in [0.1, 0.15) is 41.5 Å². The summed E-state index contributed by atoms with van der Waals surface area (Å²) in [6.45, 7) is 15.6. The van der Waals surface area contributed by atoms with Crippen LogP contribution in [0.3, 0.4) is 0 Å². The summed E-state index contributed by atoms with van der Waals surface area (Å²) in [5.41, 5.74) is 4.25. The van der Waals surface area contributed by atoms with Crippen LogP contribution >= 0.6 is 0 Å². The van der Waals surface area contributed by atoms with E-state index in [1.54, 1.807) is 31.7 Å². The molecule has 0 radical (unpaired) electrons. The van der Waals surface area contributed by atoms with Gasteiger partial charge in [0.2, 0.25) is 0 Å². The third-order valence-corrected chi connectivity index (χ3v) is 3.80. The number of imide groups is 1. The van der Waals surface area contributed by atoms with E-state index in [4.69, 9.17) is 5.73 Å². The molecule has 0 aliphatic carbocycles. The van der Waals surface area contributed by atoms with Crippen LogP contribution in [0.4, 0.5) is 9.59 Å². The molecule has 6 nitrogen and oxygen atoms in total. The van der Waals surface area contributed by atoms with Crippen molar-refractivity contribution in [3.8, 4) is 0 Å². The average molecular weight is 296 g/mol. The number of carbonyl (C=O) groups excluding carboxylic acids is 2. The van der Waals surface area contributed by atoms with Gasteiger partial charge in [-0.05, 0) is 26.2 Å². The second-order valence-corrected chi connectivity index (χ2v) is 7.55. The van der Waals surface area contributed by atoms with Crippen LogP contribution in [0.5, 0.6) is 0 Å². The molecule has 3 N–H and O–H groups in total. The predicted octanol–water partition coefficient (Wildman–Crippen LogP) is 2.12. The monoisotopic (exact) mass is 296 g/mol. The average Bonchev–Trinajstić information content (AvgIpc) is 2.27. The van der Waals surface area contributed by atoms with E-state index in [0.29, 0.717) is 13.1 Å². The first-order valence-corrected chi connectivity index (χ1v) is 7.14. The van der Waals surface area contributed by atoms with Gasteiger partial charge in [0.25, 0.3) is 0 Å². The van der Waals surface area contributed by atoms with Crippen molar-refractivity contribution in [1.29, 1.82) is 0 Å². The van der Waals surface area contributed by atoms with Crippen LogP contribution in [-0.2, 0) is 0 Å². The van der Waals surface area contributed by atoms with Gasteiger partial charge in [-0.25, -0.2) is 14.5 Å². The molecule has 1 saturated heterocycles. The smallest absolute Gasteiger partial charge is 0.322 e. The van der Waals surface area contributed by atoms with E-state index in [1.807, 2.05) is 20.8 Å². The minimum absolute atomic E-state index is 0.182. The van der Waals surface area contributed by atoms with Crippen molar-refractivity contribution in [3.05, 3.63) is 12.7 Å². The lowest BCUT2D eigenvalue weighted by molar-refractivity contribution is 0.0159. The first-order valence-electron chi connectivity index (χ1n) is 7.14. The predicted molar refractivity (Wildman–Crippen MR) is 83.7 cm³/mol. The molecule has 1 aliphatic rings. The molecule has 0 aromatic rings. The maximum absolute atomic E-state index is 12.8. The van der Waals surface area contributed by atoms with Gasteiger partial charge in [-0.3, -0.25) is 4.90 Å². The van der Waals surface area contributed by atoms with Crippen LogP contribution in [0.25, 0.3) is 0 Å². The molecule has 1 atom stereocenters. The lowest BCUT2D eigenvalue weighted by atomic mass is 9.87. The quantitative estimate of drug-likeness (QED) is 0.780. The Labute approximate surface area is 127 Å². The Morgan fingerprint density at radius 1 is 1.29 bits per heavy atom. The van der Waals surface area contributed by atoms with Crippen molar-refractivity contribution in [2.75, 3.05) is 13.1 Å². The molecule has 120 valence electrons. The van der Waals surface area contributed by atoms with E-state index < -0.39 is 17.2 Å². The minimum atomic E-state index is -0.969. The summed E-state index contributed by atoms with van der Waals surface area (Å²) in [5, 5.41) is 2.89. The van der Waals surface area contributed by atoms with Gasteiger partial charge in [-0.2, -0.15) is 0 Å². The van der Waals surface area contributed by atoms with Crippen LogP contribution in [-0.4, -0.2) is 46.2 Å². The van der Waals surface area contributed by atoms with Crippen molar-refractivity contribution in [1.82, 2.24) is 15.1 Å². The second-order valence-electron chi connectivity index (χ2n) is 7.55. The summed E-state index contributed by atoms with van der Waals surface area (Å²) in [4.78, 5) is 27.9. The Morgan fingerprint density at radius 2 is 1.81 bits per heavy atom. The molecule has 6 heteroatoms. The van der Waals surface area contributed by atoms with Crippen molar-refractivity contribution in [2.45, 2.75) is 52.7 Å². The summed E-state index contributed by atoms with van der Waals surface area (Å²) < 4.78 is 0. The van der Waals surface area contributed by atoms with E-state index in [0.717, 1.165) is 0 Å². The maximum atomic E-state index is 12.8. The van der Waals surface area contributed by atoms with Gasteiger partial charge < -0.3 is 11.1 Å². The zero-order valence-corrected chi connectivity index (χ0v) is 14.0. The summed E-state index contributed by atoms with van der Waals surface area (Å²) in [5.74, 6) is 0. The van der Waals surface area contributed by atoms with Gasteiger partial charge >= 0.3 is 12.1 Å². The lowest BCUT2D eigenvalue weighted by Gasteiger charge is -2.54. The lowest BCUT2D eigenvalue weighted by Crippen LogP contribution is -2.80. The zero-order chi connectivity index (χ0) is 16.6. The van der Waals surface area contributed by atoms with Gasteiger partial charge in [0, 0.05) is 13.1 Å². The Kier molecular flexibility index (Phi) is 4.44. The Morgan fingerprint density at radius 3 is 2.19 bits per heavy atom. The number of carbonyl (C=O) groups is 2. The van der Waals surface area contributed by atoms with E-state index in [9.17, 15) is 9.59 Å². The Bertz CT molecular complexity index is 448. The second kappa shape index (κ2) is 5.33. The molecule has 1 heterocycles. The zero-order valence-electron chi connectivity index (χ0n) is 14.0. The largest absolute Gasteiger partial charge is 0.330 e. The molecule has 21 heavy (non-hydrogen) atoms. The van der Waals surface area contributed by atoms with Gasteiger partial charge in [0.05, 0.1) is 5.54 Å². The van der Waals surface area contributed by atoms with Gasteiger partial charge in [0.1, 0.15) is 5.66 Å². The molecule has 0 bridgehead atoms. The first kappa shape index (κ1) is 17.5. The van der Waals surface area contributed by atoms with E-state index in [-0.39, 0.29) is 11.4 Å². The number of hydrogen-bond donors (Lipinski definition) is 2. The fraction of sp³-hybridized carbons (Fsp3) is 0.733. The van der Waals surface area contributed by atoms with Crippen molar-refractivity contribution < 1.29 is 9.59 Å². The Hall–Kier alpha value is -1.56. The molecule has 1 rings (SSSR count). The van der Waals surface area contributed by atoms with Gasteiger partial charge in [-0.15, -0.1) is 6.58 Å². The molecule has 0 aromatic carbocycles. The summed E-state index contributed by atoms with van der Waals surface area (Å²) in [6, 6.07) is -0.745. The van der Waals surface area contributed by atoms with Crippen molar-refractivity contribution in [3.63, 3.8) is 0 Å². The third-order valence-electron chi connectivity index (χ3n) is 3.80. The first-order chi connectivity index (χ1) is 9.33. The van der Waals surface area contributed by atoms with Gasteiger partial charge in [-0.1, -0.05) is 26.8 Å². The molecule has 0 spiro atoms. The highest BCUT2D eigenvalue weighted by atomic mass is 16.2. The number of hydrogen-bond acceptors (Lipinski definition) is 3. The van der Waals surface area contributed by atoms with Crippen molar-refractivity contribution >= 4 is 12.1 Å². The van der Waals surface area contributed by atoms with Crippen LogP contribution in [0.2, 0.25) is 0 Å². The molecule has 4 amide bonds. The molecule has 0 aromatic heterocycles. The van der Waals surface area contributed by atoms with Gasteiger partial charge in [0.15, 0.2) is 0 Å². The number of nitrogens with two attached hydrogens (primary N) is 1.